The average molecular weight is 248 g/mol. The summed E-state index contributed by atoms with van der Waals surface area (Å²) < 4.78 is 3.91. The van der Waals surface area contributed by atoms with Gasteiger partial charge in [0, 0.05) is 31.9 Å². The summed E-state index contributed by atoms with van der Waals surface area (Å²) in [7, 11) is 1.96. The van der Waals surface area contributed by atoms with Crippen LogP contribution in [0.2, 0.25) is 0 Å². The molecule has 0 aromatic carbocycles. The van der Waals surface area contributed by atoms with Gasteiger partial charge in [-0.15, -0.1) is 0 Å². The van der Waals surface area contributed by atoms with Gasteiger partial charge in [0.2, 0.25) is 0 Å². The second-order valence-corrected chi connectivity index (χ2v) is 4.73. The highest BCUT2D eigenvalue weighted by Crippen LogP contribution is 2.16. The quantitative estimate of drug-likeness (QED) is 0.610. The van der Waals surface area contributed by atoms with Crippen LogP contribution in [-0.2, 0) is 13.5 Å². The van der Waals surface area contributed by atoms with Crippen molar-refractivity contribution in [1.82, 2.24) is 24.8 Å². The van der Waals surface area contributed by atoms with Crippen LogP contribution in [0.15, 0.2) is 24.8 Å². The molecule has 6 heteroatoms. The number of hydrogen-bond acceptors (Lipinski definition) is 4. The van der Waals surface area contributed by atoms with E-state index in [0.29, 0.717) is 6.04 Å². The van der Waals surface area contributed by atoms with E-state index < -0.39 is 0 Å². The SMILES string of the molecule is CC(C)n1ccc(CC(NN)c2cncn2C)n1. The Balaban J connectivity index is 2.13. The van der Waals surface area contributed by atoms with E-state index in [1.54, 1.807) is 6.33 Å². The maximum absolute atomic E-state index is 5.62. The summed E-state index contributed by atoms with van der Waals surface area (Å²) in [6.07, 6.45) is 6.34. The standard InChI is InChI=1S/C12H20N6/c1-9(2)18-5-4-10(16-18)6-11(15-13)12-7-14-8-17(12)3/h4-5,7-9,11,15H,6,13H2,1-3H3. The van der Waals surface area contributed by atoms with E-state index in [0.717, 1.165) is 17.8 Å². The Morgan fingerprint density at radius 3 is 2.72 bits per heavy atom. The van der Waals surface area contributed by atoms with Gasteiger partial charge in [-0.25, -0.2) is 4.98 Å². The zero-order valence-corrected chi connectivity index (χ0v) is 11.0. The Hall–Kier alpha value is -1.66. The highest BCUT2D eigenvalue weighted by molar-refractivity contribution is 5.10. The van der Waals surface area contributed by atoms with Gasteiger partial charge in [-0.2, -0.15) is 5.10 Å². The molecule has 6 nitrogen and oxygen atoms in total. The van der Waals surface area contributed by atoms with Crippen LogP contribution in [-0.4, -0.2) is 19.3 Å². The number of aromatic nitrogens is 4. The van der Waals surface area contributed by atoms with Gasteiger partial charge in [0.1, 0.15) is 0 Å². The van der Waals surface area contributed by atoms with Crippen molar-refractivity contribution in [3.63, 3.8) is 0 Å². The van der Waals surface area contributed by atoms with Gasteiger partial charge in [-0.3, -0.25) is 16.0 Å². The molecule has 0 aliphatic carbocycles. The summed E-state index contributed by atoms with van der Waals surface area (Å²) >= 11 is 0. The molecule has 0 aliphatic rings. The minimum Gasteiger partial charge on any atom is -0.336 e. The molecule has 2 rings (SSSR count). The first-order chi connectivity index (χ1) is 8.61. The Bertz CT molecular complexity index is 498. The van der Waals surface area contributed by atoms with Gasteiger partial charge in [0.05, 0.1) is 23.8 Å². The minimum absolute atomic E-state index is 0.0213. The molecule has 2 heterocycles. The molecule has 98 valence electrons. The molecular formula is C12H20N6. The molecule has 0 radical (unpaired) electrons. The maximum atomic E-state index is 5.62. The number of nitrogens with two attached hydrogens (primary N) is 1. The topological polar surface area (TPSA) is 73.7 Å². The third-order valence-corrected chi connectivity index (χ3v) is 3.02. The van der Waals surface area contributed by atoms with E-state index >= 15 is 0 Å². The van der Waals surface area contributed by atoms with Crippen molar-refractivity contribution in [3.8, 4) is 0 Å². The number of nitrogens with zero attached hydrogens (tertiary/aromatic N) is 4. The van der Waals surface area contributed by atoms with E-state index in [1.165, 1.54) is 0 Å². The van der Waals surface area contributed by atoms with Crippen LogP contribution in [0.4, 0.5) is 0 Å². The lowest BCUT2D eigenvalue weighted by Gasteiger charge is -2.15. The fourth-order valence-electron chi connectivity index (χ4n) is 1.94. The van der Waals surface area contributed by atoms with Gasteiger partial charge in [-0.1, -0.05) is 0 Å². The van der Waals surface area contributed by atoms with E-state index in [-0.39, 0.29) is 6.04 Å². The van der Waals surface area contributed by atoms with Crippen LogP contribution in [0.5, 0.6) is 0 Å². The molecule has 2 aromatic rings. The summed E-state index contributed by atoms with van der Waals surface area (Å²) in [6, 6.07) is 2.42. The van der Waals surface area contributed by atoms with E-state index in [2.05, 4.69) is 29.4 Å². The lowest BCUT2D eigenvalue weighted by molar-refractivity contribution is 0.494. The van der Waals surface area contributed by atoms with E-state index in [4.69, 9.17) is 5.84 Å². The lowest BCUT2D eigenvalue weighted by Crippen LogP contribution is -2.31. The number of rotatable bonds is 5. The fourth-order valence-corrected chi connectivity index (χ4v) is 1.94. The number of nitrogens with one attached hydrogen (secondary N) is 1. The second-order valence-electron chi connectivity index (χ2n) is 4.73. The largest absolute Gasteiger partial charge is 0.336 e. The van der Waals surface area contributed by atoms with Crippen molar-refractivity contribution in [2.45, 2.75) is 32.4 Å². The molecule has 0 fully saturated rings. The van der Waals surface area contributed by atoms with Gasteiger partial charge in [0.15, 0.2) is 0 Å². The summed E-state index contributed by atoms with van der Waals surface area (Å²) in [5, 5.41) is 4.53. The molecule has 18 heavy (non-hydrogen) atoms. The average Bonchev–Trinajstić information content (AvgIpc) is 2.95. The smallest absolute Gasteiger partial charge is 0.0946 e. The van der Waals surface area contributed by atoms with Crippen molar-refractivity contribution < 1.29 is 0 Å². The molecule has 3 N–H and O–H groups in total. The molecule has 1 unspecified atom stereocenters. The molecule has 0 saturated carbocycles. The van der Waals surface area contributed by atoms with Crippen LogP contribution < -0.4 is 11.3 Å². The second kappa shape index (κ2) is 5.32. The molecule has 0 spiro atoms. The fraction of sp³-hybridized carbons (Fsp3) is 0.500. The van der Waals surface area contributed by atoms with Gasteiger partial charge < -0.3 is 4.57 Å². The summed E-state index contributed by atoms with van der Waals surface area (Å²) in [4.78, 5) is 4.11. The monoisotopic (exact) mass is 248 g/mol. The molecule has 1 atom stereocenters. The number of hydrazine groups is 1. The number of imidazole rings is 1. The van der Waals surface area contributed by atoms with Gasteiger partial charge in [0.25, 0.3) is 0 Å². The zero-order valence-electron chi connectivity index (χ0n) is 11.0. The predicted molar refractivity (Wildman–Crippen MR) is 69.6 cm³/mol. The first-order valence-electron chi connectivity index (χ1n) is 6.08. The first kappa shape index (κ1) is 12.8. The molecule has 0 saturated heterocycles. The minimum atomic E-state index is 0.0213. The number of hydrogen-bond donors (Lipinski definition) is 2. The third kappa shape index (κ3) is 2.60. The molecule has 0 bridgehead atoms. The van der Waals surface area contributed by atoms with Crippen molar-refractivity contribution >= 4 is 0 Å². The van der Waals surface area contributed by atoms with Gasteiger partial charge in [-0.05, 0) is 19.9 Å². The predicted octanol–water partition coefficient (Wildman–Crippen LogP) is 0.945. The first-order valence-corrected chi connectivity index (χ1v) is 6.08. The van der Waals surface area contributed by atoms with E-state index in [9.17, 15) is 0 Å². The molecule has 0 aliphatic heterocycles. The Morgan fingerprint density at radius 2 is 2.22 bits per heavy atom. The summed E-state index contributed by atoms with van der Waals surface area (Å²) in [5.74, 6) is 5.62. The van der Waals surface area contributed by atoms with Crippen LogP contribution in [0, 0.1) is 0 Å². The zero-order chi connectivity index (χ0) is 13.1. The Kier molecular flexibility index (Phi) is 3.78. The van der Waals surface area contributed by atoms with Crippen molar-refractivity contribution in [2.24, 2.45) is 12.9 Å². The summed E-state index contributed by atoms with van der Waals surface area (Å²) in [6.45, 7) is 4.22. The third-order valence-electron chi connectivity index (χ3n) is 3.02. The van der Waals surface area contributed by atoms with Crippen molar-refractivity contribution in [3.05, 3.63) is 36.2 Å². The maximum Gasteiger partial charge on any atom is 0.0946 e. The number of aryl methyl sites for hydroxylation is 1. The lowest BCUT2D eigenvalue weighted by atomic mass is 10.1. The van der Waals surface area contributed by atoms with Crippen LogP contribution >= 0.6 is 0 Å². The highest BCUT2D eigenvalue weighted by Gasteiger charge is 2.15. The molecular weight excluding hydrogens is 228 g/mol. The highest BCUT2D eigenvalue weighted by atomic mass is 15.3. The Morgan fingerprint density at radius 1 is 1.44 bits per heavy atom. The normalized spacial score (nSPS) is 13.2. The molecule has 0 amide bonds. The van der Waals surface area contributed by atoms with E-state index in [1.807, 2.05) is 34.8 Å². The van der Waals surface area contributed by atoms with Crippen LogP contribution in [0.3, 0.4) is 0 Å². The summed E-state index contributed by atoms with van der Waals surface area (Å²) in [5.41, 5.74) is 4.90. The Labute approximate surface area is 107 Å². The molecule has 2 aromatic heterocycles. The van der Waals surface area contributed by atoms with Gasteiger partial charge >= 0.3 is 0 Å². The van der Waals surface area contributed by atoms with Crippen LogP contribution in [0.25, 0.3) is 0 Å². The van der Waals surface area contributed by atoms with Crippen LogP contribution in [0.1, 0.15) is 37.3 Å². The van der Waals surface area contributed by atoms with Crippen molar-refractivity contribution in [2.75, 3.05) is 0 Å². The van der Waals surface area contributed by atoms with Crippen molar-refractivity contribution in [1.29, 1.82) is 0 Å².